The second-order valence-corrected chi connectivity index (χ2v) is 5.05. The molecule has 0 aliphatic carbocycles. The first-order valence-electron chi connectivity index (χ1n) is 7.06. The number of aliphatic carboxylic acids is 1. The van der Waals surface area contributed by atoms with Crippen molar-refractivity contribution in [2.75, 3.05) is 26.2 Å². The molecule has 1 rings (SSSR count). The summed E-state index contributed by atoms with van der Waals surface area (Å²) in [5.74, 6) is -0.906. The van der Waals surface area contributed by atoms with E-state index in [1.54, 1.807) is 22.0 Å². The van der Waals surface area contributed by atoms with Crippen LogP contribution < -0.4 is 0 Å². The van der Waals surface area contributed by atoms with Crippen molar-refractivity contribution in [3.63, 3.8) is 0 Å². The molecule has 1 amide bonds. The number of carbonyl (C=O) groups is 2. The first-order valence-corrected chi connectivity index (χ1v) is 7.06. The molecule has 1 N–H and O–H groups in total. The van der Waals surface area contributed by atoms with Crippen LogP contribution in [0.1, 0.15) is 25.7 Å². The lowest BCUT2D eigenvalue weighted by atomic mass is 10.1. The largest absolute Gasteiger partial charge is 0.480 e. The van der Waals surface area contributed by atoms with Crippen molar-refractivity contribution in [1.29, 1.82) is 0 Å². The van der Waals surface area contributed by atoms with E-state index in [4.69, 9.17) is 0 Å². The van der Waals surface area contributed by atoms with Gasteiger partial charge in [-0.25, -0.2) is 0 Å². The van der Waals surface area contributed by atoms with E-state index in [1.807, 2.05) is 0 Å². The van der Waals surface area contributed by atoms with Crippen molar-refractivity contribution in [3.05, 3.63) is 25.3 Å². The Balaban J connectivity index is 2.70. The van der Waals surface area contributed by atoms with Crippen LogP contribution in [0.3, 0.4) is 0 Å². The Hall–Kier alpha value is -1.62. The van der Waals surface area contributed by atoms with Crippen LogP contribution in [0.5, 0.6) is 0 Å². The minimum absolute atomic E-state index is 0.0713. The number of carboxylic acid groups (broad SMARTS) is 1. The van der Waals surface area contributed by atoms with Gasteiger partial charge in [0.05, 0.1) is 6.54 Å². The van der Waals surface area contributed by atoms with Gasteiger partial charge in [-0.15, -0.1) is 13.2 Å². The lowest BCUT2D eigenvalue weighted by molar-refractivity contribution is -0.144. The molecule has 5 nitrogen and oxygen atoms in total. The van der Waals surface area contributed by atoms with E-state index in [1.165, 1.54) is 0 Å². The fraction of sp³-hybridized carbons (Fsp3) is 0.600. The second kappa shape index (κ2) is 8.53. The molecule has 0 aromatic carbocycles. The zero-order valence-electron chi connectivity index (χ0n) is 12.0. The smallest absolute Gasteiger partial charge is 0.320 e. The third kappa shape index (κ3) is 4.81. The van der Waals surface area contributed by atoms with E-state index < -0.39 is 12.0 Å². The summed E-state index contributed by atoms with van der Waals surface area (Å²) in [5, 5.41) is 9.29. The topological polar surface area (TPSA) is 60.9 Å². The zero-order chi connectivity index (χ0) is 15.0. The summed E-state index contributed by atoms with van der Waals surface area (Å²) in [6.07, 6.45) is 6.82. The van der Waals surface area contributed by atoms with Crippen molar-refractivity contribution in [1.82, 2.24) is 9.80 Å². The number of hydrogen-bond acceptors (Lipinski definition) is 3. The molecule has 5 heteroatoms. The molecule has 0 spiro atoms. The van der Waals surface area contributed by atoms with E-state index >= 15 is 0 Å². The average molecular weight is 280 g/mol. The Morgan fingerprint density at radius 2 is 1.85 bits per heavy atom. The first kappa shape index (κ1) is 16.4. The SMILES string of the molecule is C=CCN(CC=C)C(=O)CN1CCCCCC1C(=O)O. The molecule has 0 aromatic rings. The maximum Gasteiger partial charge on any atom is 0.320 e. The molecule has 112 valence electrons. The highest BCUT2D eigenvalue weighted by Gasteiger charge is 2.29. The summed E-state index contributed by atoms with van der Waals surface area (Å²) in [4.78, 5) is 27.0. The molecule has 1 saturated heterocycles. The minimum atomic E-state index is -0.835. The van der Waals surface area contributed by atoms with Crippen LogP contribution in [0.25, 0.3) is 0 Å². The Labute approximate surface area is 120 Å². The normalized spacial score (nSPS) is 19.9. The third-order valence-corrected chi connectivity index (χ3v) is 3.54. The lowest BCUT2D eigenvalue weighted by Gasteiger charge is -2.29. The first-order chi connectivity index (χ1) is 9.60. The standard InChI is InChI=1S/C15H24N2O3/c1-3-9-16(10-4-2)14(18)12-17-11-7-5-6-8-13(17)15(19)20/h3-4,13H,1-2,5-12H2,(H,19,20). The molecule has 0 saturated carbocycles. The van der Waals surface area contributed by atoms with E-state index in [9.17, 15) is 14.7 Å². The highest BCUT2D eigenvalue weighted by atomic mass is 16.4. The Bertz CT molecular complexity index is 358. The van der Waals surface area contributed by atoms with Gasteiger partial charge in [0.1, 0.15) is 6.04 Å². The van der Waals surface area contributed by atoms with Crippen LogP contribution >= 0.6 is 0 Å². The van der Waals surface area contributed by atoms with Gasteiger partial charge in [-0.05, 0) is 19.4 Å². The number of likely N-dealkylation sites (tertiary alicyclic amines) is 1. The molecule has 1 heterocycles. The molecule has 1 aliphatic rings. The van der Waals surface area contributed by atoms with Gasteiger partial charge in [-0.1, -0.05) is 25.0 Å². The summed E-state index contributed by atoms with van der Waals surface area (Å²) in [7, 11) is 0. The maximum absolute atomic E-state index is 12.3. The van der Waals surface area contributed by atoms with E-state index in [2.05, 4.69) is 13.2 Å². The van der Waals surface area contributed by atoms with Crippen LogP contribution in [-0.2, 0) is 9.59 Å². The fourth-order valence-electron chi connectivity index (χ4n) is 2.50. The minimum Gasteiger partial charge on any atom is -0.480 e. The van der Waals surface area contributed by atoms with Gasteiger partial charge >= 0.3 is 5.97 Å². The molecule has 0 radical (unpaired) electrons. The van der Waals surface area contributed by atoms with Crippen molar-refractivity contribution < 1.29 is 14.7 Å². The monoisotopic (exact) mass is 280 g/mol. The fourth-order valence-corrected chi connectivity index (χ4v) is 2.50. The molecule has 0 bridgehead atoms. The average Bonchev–Trinajstić information content (AvgIpc) is 2.64. The van der Waals surface area contributed by atoms with Crippen LogP contribution in [0.15, 0.2) is 25.3 Å². The molecule has 1 fully saturated rings. The number of carboxylic acids is 1. The lowest BCUT2D eigenvalue weighted by Crippen LogP contribution is -2.47. The summed E-state index contributed by atoms with van der Waals surface area (Å²) < 4.78 is 0. The maximum atomic E-state index is 12.3. The van der Waals surface area contributed by atoms with Gasteiger partial charge in [-0.2, -0.15) is 0 Å². The highest BCUT2D eigenvalue weighted by Crippen LogP contribution is 2.17. The molecular weight excluding hydrogens is 256 g/mol. The van der Waals surface area contributed by atoms with Crippen molar-refractivity contribution in [2.24, 2.45) is 0 Å². The molecule has 1 unspecified atom stereocenters. The van der Waals surface area contributed by atoms with Crippen LogP contribution in [0.2, 0.25) is 0 Å². The molecule has 1 atom stereocenters. The van der Waals surface area contributed by atoms with Crippen LogP contribution in [0.4, 0.5) is 0 Å². The Kier molecular flexibility index (Phi) is 7.01. The van der Waals surface area contributed by atoms with Gasteiger partial charge in [0.25, 0.3) is 0 Å². The summed E-state index contributed by atoms with van der Waals surface area (Å²) in [6, 6.07) is -0.546. The Morgan fingerprint density at radius 1 is 1.20 bits per heavy atom. The number of nitrogens with zero attached hydrogens (tertiary/aromatic N) is 2. The Morgan fingerprint density at radius 3 is 2.40 bits per heavy atom. The van der Waals surface area contributed by atoms with E-state index in [0.717, 1.165) is 19.3 Å². The quantitative estimate of drug-likeness (QED) is 0.718. The van der Waals surface area contributed by atoms with Crippen LogP contribution in [-0.4, -0.2) is 59.0 Å². The van der Waals surface area contributed by atoms with E-state index in [-0.39, 0.29) is 12.5 Å². The van der Waals surface area contributed by atoms with Crippen LogP contribution in [0, 0.1) is 0 Å². The molecule has 20 heavy (non-hydrogen) atoms. The molecule has 1 aliphatic heterocycles. The van der Waals surface area contributed by atoms with Gasteiger partial charge in [0.15, 0.2) is 0 Å². The number of amides is 1. The van der Waals surface area contributed by atoms with Crippen molar-refractivity contribution in [2.45, 2.75) is 31.7 Å². The highest BCUT2D eigenvalue weighted by molar-refractivity contribution is 5.80. The summed E-state index contributed by atoms with van der Waals surface area (Å²) in [6.45, 7) is 8.99. The van der Waals surface area contributed by atoms with Crippen molar-refractivity contribution in [3.8, 4) is 0 Å². The van der Waals surface area contributed by atoms with E-state index in [0.29, 0.717) is 26.1 Å². The molecule has 0 aromatic heterocycles. The van der Waals surface area contributed by atoms with Crippen molar-refractivity contribution >= 4 is 11.9 Å². The van der Waals surface area contributed by atoms with Gasteiger partial charge < -0.3 is 10.0 Å². The predicted molar refractivity (Wildman–Crippen MR) is 78.4 cm³/mol. The number of hydrogen-bond donors (Lipinski definition) is 1. The third-order valence-electron chi connectivity index (χ3n) is 3.54. The zero-order valence-corrected chi connectivity index (χ0v) is 12.0. The number of rotatable bonds is 7. The van der Waals surface area contributed by atoms with Gasteiger partial charge in [-0.3, -0.25) is 14.5 Å². The summed E-state index contributed by atoms with van der Waals surface area (Å²) >= 11 is 0. The summed E-state index contributed by atoms with van der Waals surface area (Å²) in [5.41, 5.74) is 0. The molecular formula is C15H24N2O3. The second-order valence-electron chi connectivity index (χ2n) is 5.05. The van der Waals surface area contributed by atoms with Gasteiger partial charge in [0, 0.05) is 13.1 Å². The number of carbonyl (C=O) groups excluding carboxylic acids is 1. The van der Waals surface area contributed by atoms with Gasteiger partial charge in [0.2, 0.25) is 5.91 Å². The predicted octanol–water partition coefficient (Wildman–Crippen LogP) is 1.52.